The van der Waals surface area contributed by atoms with Gasteiger partial charge in [-0.1, -0.05) is 35.0 Å². The van der Waals surface area contributed by atoms with E-state index in [0.717, 1.165) is 17.3 Å². The maximum atomic E-state index is 5.35. The van der Waals surface area contributed by atoms with Crippen molar-refractivity contribution in [2.24, 2.45) is 0 Å². The molecule has 14 heavy (non-hydrogen) atoms. The first-order chi connectivity index (χ1) is 6.69. The van der Waals surface area contributed by atoms with Crippen LogP contribution in [0.4, 0.5) is 0 Å². The van der Waals surface area contributed by atoms with Gasteiger partial charge in [-0.15, -0.1) is 12.3 Å². The van der Waals surface area contributed by atoms with Gasteiger partial charge < -0.3 is 0 Å². The topological polar surface area (TPSA) is 0 Å². The number of hydrogen-bond acceptors (Lipinski definition) is 0. The SMILES string of the molecule is C#CCC(CC)c1ccc(Br)c(C)c1. The summed E-state index contributed by atoms with van der Waals surface area (Å²) in [6.45, 7) is 4.29. The Hall–Kier alpha value is -0.740. The van der Waals surface area contributed by atoms with Crippen LogP contribution >= 0.6 is 15.9 Å². The van der Waals surface area contributed by atoms with E-state index in [1.807, 2.05) is 0 Å². The van der Waals surface area contributed by atoms with Crippen molar-refractivity contribution in [1.29, 1.82) is 0 Å². The monoisotopic (exact) mass is 250 g/mol. The van der Waals surface area contributed by atoms with Crippen LogP contribution in [-0.2, 0) is 0 Å². The van der Waals surface area contributed by atoms with E-state index < -0.39 is 0 Å². The van der Waals surface area contributed by atoms with Crippen LogP contribution in [0.2, 0.25) is 0 Å². The largest absolute Gasteiger partial charge is 0.120 e. The Morgan fingerprint density at radius 1 is 1.50 bits per heavy atom. The van der Waals surface area contributed by atoms with E-state index >= 15 is 0 Å². The summed E-state index contributed by atoms with van der Waals surface area (Å²) >= 11 is 3.50. The zero-order chi connectivity index (χ0) is 10.6. The Morgan fingerprint density at radius 2 is 2.21 bits per heavy atom. The Bertz CT molecular complexity index is 347. The van der Waals surface area contributed by atoms with Crippen LogP contribution in [0.15, 0.2) is 22.7 Å². The second-order valence-corrected chi connectivity index (χ2v) is 4.38. The lowest BCUT2D eigenvalue weighted by atomic mass is 9.92. The van der Waals surface area contributed by atoms with Crippen molar-refractivity contribution in [2.45, 2.75) is 32.6 Å². The molecule has 0 aliphatic heterocycles. The Labute approximate surface area is 94.9 Å². The molecule has 1 aromatic carbocycles. The van der Waals surface area contributed by atoms with Crippen LogP contribution in [0.3, 0.4) is 0 Å². The number of hydrogen-bond donors (Lipinski definition) is 0. The highest BCUT2D eigenvalue weighted by molar-refractivity contribution is 9.10. The van der Waals surface area contributed by atoms with Crippen molar-refractivity contribution in [3.8, 4) is 12.3 Å². The van der Waals surface area contributed by atoms with Crippen LogP contribution in [0.25, 0.3) is 0 Å². The van der Waals surface area contributed by atoms with Gasteiger partial charge in [0.1, 0.15) is 0 Å². The lowest BCUT2D eigenvalue weighted by molar-refractivity contribution is 0.684. The summed E-state index contributed by atoms with van der Waals surface area (Å²) in [5, 5.41) is 0. The molecule has 0 fully saturated rings. The van der Waals surface area contributed by atoms with Gasteiger partial charge in [0.05, 0.1) is 0 Å². The highest BCUT2D eigenvalue weighted by atomic mass is 79.9. The molecule has 0 N–H and O–H groups in total. The molecule has 74 valence electrons. The van der Waals surface area contributed by atoms with E-state index in [9.17, 15) is 0 Å². The fourth-order valence-electron chi connectivity index (χ4n) is 1.56. The quantitative estimate of drug-likeness (QED) is 0.703. The van der Waals surface area contributed by atoms with Gasteiger partial charge >= 0.3 is 0 Å². The maximum absolute atomic E-state index is 5.35. The van der Waals surface area contributed by atoms with Crippen LogP contribution < -0.4 is 0 Å². The lowest BCUT2D eigenvalue weighted by Crippen LogP contribution is -1.96. The average Bonchev–Trinajstić information content (AvgIpc) is 2.19. The summed E-state index contributed by atoms with van der Waals surface area (Å²) in [4.78, 5) is 0. The summed E-state index contributed by atoms with van der Waals surface area (Å²) in [7, 11) is 0. The fourth-order valence-corrected chi connectivity index (χ4v) is 1.81. The number of halogens is 1. The second kappa shape index (κ2) is 5.22. The standard InChI is InChI=1S/C13H15Br/c1-4-6-11(5-2)12-7-8-13(14)10(3)9-12/h1,7-9,11H,5-6H2,2-3H3. The zero-order valence-corrected chi connectivity index (χ0v) is 10.3. The number of rotatable bonds is 3. The minimum atomic E-state index is 0.506. The number of benzene rings is 1. The highest BCUT2D eigenvalue weighted by Gasteiger charge is 2.08. The molecule has 0 spiro atoms. The first-order valence-electron chi connectivity index (χ1n) is 4.88. The summed E-state index contributed by atoms with van der Waals surface area (Å²) in [6, 6.07) is 6.47. The van der Waals surface area contributed by atoms with Gasteiger partial charge in [0.15, 0.2) is 0 Å². The molecule has 0 saturated heterocycles. The average molecular weight is 251 g/mol. The van der Waals surface area contributed by atoms with Gasteiger partial charge in [-0.3, -0.25) is 0 Å². The molecular formula is C13H15Br. The third-order valence-corrected chi connectivity index (χ3v) is 3.40. The molecular weight excluding hydrogens is 236 g/mol. The number of aryl methyl sites for hydroxylation is 1. The highest BCUT2D eigenvalue weighted by Crippen LogP contribution is 2.26. The molecule has 1 atom stereocenters. The van der Waals surface area contributed by atoms with Crippen molar-refractivity contribution >= 4 is 15.9 Å². The lowest BCUT2D eigenvalue weighted by Gasteiger charge is -2.13. The third-order valence-electron chi connectivity index (χ3n) is 2.51. The van der Waals surface area contributed by atoms with Crippen molar-refractivity contribution < 1.29 is 0 Å². The number of terminal acetylenes is 1. The zero-order valence-electron chi connectivity index (χ0n) is 8.68. The van der Waals surface area contributed by atoms with E-state index in [-0.39, 0.29) is 0 Å². The van der Waals surface area contributed by atoms with Gasteiger partial charge in [0.25, 0.3) is 0 Å². The molecule has 0 saturated carbocycles. The predicted octanol–water partition coefficient (Wildman–Crippen LogP) is 4.27. The van der Waals surface area contributed by atoms with Crippen molar-refractivity contribution in [3.05, 3.63) is 33.8 Å². The molecule has 1 heteroatoms. The fraction of sp³-hybridized carbons (Fsp3) is 0.385. The van der Waals surface area contributed by atoms with Crippen molar-refractivity contribution in [3.63, 3.8) is 0 Å². The molecule has 0 bridgehead atoms. The molecule has 1 rings (SSSR count). The Balaban J connectivity index is 2.95. The summed E-state index contributed by atoms with van der Waals surface area (Å²) in [6.07, 6.45) is 7.28. The summed E-state index contributed by atoms with van der Waals surface area (Å²) in [5.74, 6) is 3.25. The Morgan fingerprint density at radius 3 is 2.71 bits per heavy atom. The maximum Gasteiger partial charge on any atom is 0.0204 e. The van der Waals surface area contributed by atoms with Crippen molar-refractivity contribution in [1.82, 2.24) is 0 Å². The van der Waals surface area contributed by atoms with Crippen LogP contribution in [0.5, 0.6) is 0 Å². The van der Waals surface area contributed by atoms with E-state index in [4.69, 9.17) is 6.42 Å². The predicted molar refractivity (Wildman–Crippen MR) is 65.4 cm³/mol. The first-order valence-corrected chi connectivity index (χ1v) is 5.67. The molecule has 0 aliphatic carbocycles. The van der Waals surface area contributed by atoms with E-state index in [0.29, 0.717) is 5.92 Å². The van der Waals surface area contributed by atoms with Gasteiger partial charge in [0.2, 0.25) is 0 Å². The van der Waals surface area contributed by atoms with E-state index in [1.54, 1.807) is 0 Å². The molecule has 0 amide bonds. The van der Waals surface area contributed by atoms with Crippen molar-refractivity contribution in [2.75, 3.05) is 0 Å². The van der Waals surface area contributed by atoms with E-state index in [2.05, 4.69) is 53.9 Å². The van der Waals surface area contributed by atoms with Crippen LogP contribution in [0, 0.1) is 19.3 Å². The third kappa shape index (κ3) is 2.62. The molecule has 0 nitrogen and oxygen atoms in total. The molecule has 0 aliphatic rings. The second-order valence-electron chi connectivity index (χ2n) is 3.52. The van der Waals surface area contributed by atoms with Gasteiger partial charge in [-0.05, 0) is 36.5 Å². The minimum Gasteiger partial charge on any atom is -0.120 e. The normalized spacial score (nSPS) is 12.1. The van der Waals surface area contributed by atoms with Gasteiger partial charge in [-0.2, -0.15) is 0 Å². The molecule has 0 aromatic heterocycles. The van der Waals surface area contributed by atoms with Gasteiger partial charge in [-0.25, -0.2) is 0 Å². The smallest absolute Gasteiger partial charge is 0.0204 e. The molecule has 0 heterocycles. The minimum absolute atomic E-state index is 0.506. The molecule has 1 unspecified atom stereocenters. The van der Waals surface area contributed by atoms with Gasteiger partial charge in [0, 0.05) is 10.9 Å². The van der Waals surface area contributed by atoms with Crippen LogP contribution in [0.1, 0.15) is 36.8 Å². The first kappa shape index (κ1) is 11.3. The summed E-state index contributed by atoms with van der Waals surface area (Å²) < 4.78 is 1.16. The summed E-state index contributed by atoms with van der Waals surface area (Å²) in [5.41, 5.74) is 2.63. The molecule has 1 aromatic rings. The molecule has 0 radical (unpaired) electrons. The van der Waals surface area contributed by atoms with E-state index in [1.165, 1.54) is 11.1 Å². The Kier molecular flexibility index (Phi) is 4.22. The van der Waals surface area contributed by atoms with Crippen LogP contribution in [-0.4, -0.2) is 0 Å².